The standard InChI is InChI=1S/C13H17NO/c1-13(2,15-3)9-8-11-4-6-12(10-14)7-5-11/h4-7H,8-9H2,1-3H3. The average molecular weight is 203 g/mol. The molecule has 0 aromatic heterocycles. The molecule has 0 radical (unpaired) electrons. The van der Waals surface area contributed by atoms with Crippen molar-refractivity contribution in [1.29, 1.82) is 5.26 Å². The van der Waals surface area contributed by atoms with Crippen molar-refractivity contribution in [2.45, 2.75) is 32.3 Å². The molecular formula is C13H17NO. The van der Waals surface area contributed by atoms with Crippen LogP contribution in [0.5, 0.6) is 0 Å². The fourth-order valence-corrected chi connectivity index (χ4v) is 1.29. The summed E-state index contributed by atoms with van der Waals surface area (Å²) in [6.07, 6.45) is 1.96. The molecule has 0 bridgehead atoms. The Morgan fingerprint density at radius 1 is 1.27 bits per heavy atom. The monoisotopic (exact) mass is 203 g/mol. The second kappa shape index (κ2) is 4.95. The number of rotatable bonds is 4. The van der Waals surface area contributed by atoms with Gasteiger partial charge in [-0.3, -0.25) is 0 Å². The van der Waals surface area contributed by atoms with Crippen molar-refractivity contribution >= 4 is 0 Å². The van der Waals surface area contributed by atoms with Crippen LogP contribution >= 0.6 is 0 Å². The molecule has 15 heavy (non-hydrogen) atoms. The number of hydrogen-bond acceptors (Lipinski definition) is 2. The topological polar surface area (TPSA) is 33.0 Å². The second-order valence-corrected chi connectivity index (χ2v) is 4.27. The van der Waals surface area contributed by atoms with Crippen LogP contribution in [0.2, 0.25) is 0 Å². The first-order valence-corrected chi connectivity index (χ1v) is 5.11. The van der Waals surface area contributed by atoms with Gasteiger partial charge in [0.2, 0.25) is 0 Å². The van der Waals surface area contributed by atoms with Crippen LogP contribution in [0.4, 0.5) is 0 Å². The summed E-state index contributed by atoms with van der Waals surface area (Å²) in [5, 5.41) is 8.66. The van der Waals surface area contributed by atoms with Crippen LogP contribution < -0.4 is 0 Å². The van der Waals surface area contributed by atoms with Gasteiger partial charge in [-0.15, -0.1) is 0 Å². The van der Waals surface area contributed by atoms with E-state index in [1.165, 1.54) is 5.56 Å². The molecule has 1 aromatic rings. The van der Waals surface area contributed by atoms with Crippen LogP contribution in [0, 0.1) is 11.3 Å². The highest BCUT2D eigenvalue weighted by atomic mass is 16.5. The molecular weight excluding hydrogens is 186 g/mol. The van der Waals surface area contributed by atoms with Crippen molar-refractivity contribution in [2.75, 3.05) is 7.11 Å². The molecule has 0 unspecified atom stereocenters. The zero-order chi connectivity index (χ0) is 11.3. The number of aryl methyl sites for hydroxylation is 1. The summed E-state index contributed by atoms with van der Waals surface area (Å²) >= 11 is 0. The number of nitrogens with zero attached hydrogens (tertiary/aromatic N) is 1. The molecule has 0 spiro atoms. The molecule has 0 fully saturated rings. The van der Waals surface area contributed by atoms with Gasteiger partial charge in [-0.25, -0.2) is 0 Å². The largest absolute Gasteiger partial charge is 0.379 e. The Labute approximate surface area is 91.5 Å². The maximum Gasteiger partial charge on any atom is 0.0991 e. The number of ether oxygens (including phenoxy) is 1. The van der Waals surface area contributed by atoms with Crippen LogP contribution in [0.1, 0.15) is 31.4 Å². The molecule has 0 atom stereocenters. The fraction of sp³-hybridized carbons (Fsp3) is 0.462. The summed E-state index contributed by atoms with van der Waals surface area (Å²) in [5.41, 5.74) is 1.89. The van der Waals surface area contributed by atoms with Crippen molar-refractivity contribution in [3.05, 3.63) is 35.4 Å². The highest BCUT2D eigenvalue weighted by Crippen LogP contribution is 2.17. The van der Waals surface area contributed by atoms with Gasteiger partial charge in [0.1, 0.15) is 0 Å². The summed E-state index contributed by atoms with van der Waals surface area (Å²) in [5.74, 6) is 0. The first-order chi connectivity index (χ1) is 7.07. The number of hydrogen-bond donors (Lipinski definition) is 0. The van der Waals surface area contributed by atoms with E-state index < -0.39 is 0 Å². The third-order valence-electron chi connectivity index (χ3n) is 2.65. The van der Waals surface area contributed by atoms with Crippen LogP contribution in [-0.2, 0) is 11.2 Å². The number of methoxy groups -OCH3 is 1. The molecule has 1 rings (SSSR count). The second-order valence-electron chi connectivity index (χ2n) is 4.27. The quantitative estimate of drug-likeness (QED) is 0.753. The van der Waals surface area contributed by atoms with Crippen molar-refractivity contribution in [3.8, 4) is 6.07 Å². The van der Waals surface area contributed by atoms with Gasteiger partial charge >= 0.3 is 0 Å². The first-order valence-electron chi connectivity index (χ1n) is 5.11. The van der Waals surface area contributed by atoms with E-state index in [4.69, 9.17) is 10.00 Å². The Kier molecular flexibility index (Phi) is 3.88. The maximum atomic E-state index is 8.66. The molecule has 2 nitrogen and oxygen atoms in total. The smallest absolute Gasteiger partial charge is 0.0991 e. The minimum absolute atomic E-state index is 0.0755. The highest BCUT2D eigenvalue weighted by molar-refractivity contribution is 5.31. The van der Waals surface area contributed by atoms with Gasteiger partial charge < -0.3 is 4.74 Å². The van der Waals surface area contributed by atoms with Gasteiger partial charge in [-0.1, -0.05) is 12.1 Å². The zero-order valence-electron chi connectivity index (χ0n) is 9.58. The molecule has 0 saturated carbocycles. The molecule has 0 aliphatic carbocycles. The lowest BCUT2D eigenvalue weighted by Gasteiger charge is -2.22. The Morgan fingerprint density at radius 3 is 2.33 bits per heavy atom. The number of benzene rings is 1. The van der Waals surface area contributed by atoms with Crippen LogP contribution in [0.3, 0.4) is 0 Å². The van der Waals surface area contributed by atoms with Crippen LogP contribution in [0.15, 0.2) is 24.3 Å². The number of nitriles is 1. The summed E-state index contributed by atoms with van der Waals surface area (Å²) in [7, 11) is 1.73. The summed E-state index contributed by atoms with van der Waals surface area (Å²) in [4.78, 5) is 0. The van der Waals surface area contributed by atoms with E-state index in [0.717, 1.165) is 12.8 Å². The Bertz CT molecular complexity index is 346. The normalized spacial score (nSPS) is 11.1. The van der Waals surface area contributed by atoms with Crippen molar-refractivity contribution in [1.82, 2.24) is 0 Å². The minimum atomic E-state index is -0.0755. The molecule has 0 aliphatic rings. The van der Waals surface area contributed by atoms with Gasteiger partial charge in [0.05, 0.1) is 17.2 Å². The highest BCUT2D eigenvalue weighted by Gasteiger charge is 2.15. The molecule has 0 N–H and O–H groups in total. The molecule has 0 amide bonds. The van der Waals surface area contributed by atoms with Gasteiger partial charge in [0, 0.05) is 7.11 Å². The summed E-state index contributed by atoms with van der Waals surface area (Å²) < 4.78 is 5.35. The molecule has 0 heterocycles. The van der Waals surface area contributed by atoms with Gasteiger partial charge in [0.25, 0.3) is 0 Å². The zero-order valence-corrected chi connectivity index (χ0v) is 9.58. The molecule has 1 aromatic carbocycles. The third-order valence-corrected chi connectivity index (χ3v) is 2.65. The lowest BCUT2D eigenvalue weighted by Crippen LogP contribution is -2.22. The van der Waals surface area contributed by atoms with Gasteiger partial charge in [-0.2, -0.15) is 5.26 Å². The molecule has 80 valence electrons. The van der Waals surface area contributed by atoms with E-state index in [1.807, 2.05) is 24.3 Å². The summed E-state index contributed by atoms with van der Waals surface area (Å²) in [6.45, 7) is 4.16. The molecule has 2 heteroatoms. The Balaban J connectivity index is 2.56. The van der Waals surface area contributed by atoms with Crippen LogP contribution in [0.25, 0.3) is 0 Å². The van der Waals surface area contributed by atoms with E-state index in [9.17, 15) is 0 Å². The van der Waals surface area contributed by atoms with Crippen molar-refractivity contribution < 1.29 is 4.74 Å². The maximum absolute atomic E-state index is 8.66. The van der Waals surface area contributed by atoms with Gasteiger partial charge in [-0.05, 0) is 44.4 Å². The van der Waals surface area contributed by atoms with E-state index >= 15 is 0 Å². The third kappa shape index (κ3) is 3.73. The SMILES string of the molecule is COC(C)(C)CCc1ccc(C#N)cc1. The predicted molar refractivity (Wildman–Crippen MR) is 60.6 cm³/mol. The van der Waals surface area contributed by atoms with Gasteiger partial charge in [0.15, 0.2) is 0 Å². The van der Waals surface area contributed by atoms with Crippen molar-refractivity contribution in [2.24, 2.45) is 0 Å². The van der Waals surface area contributed by atoms with E-state index in [-0.39, 0.29) is 5.60 Å². The summed E-state index contributed by atoms with van der Waals surface area (Å²) in [6, 6.07) is 9.83. The predicted octanol–water partition coefficient (Wildman–Crippen LogP) is 2.92. The van der Waals surface area contributed by atoms with Crippen molar-refractivity contribution in [3.63, 3.8) is 0 Å². The minimum Gasteiger partial charge on any atom is -0.379 e. The average Bonchev–Trinajstić information content (AvgIpc) is 2.27. The molecule has 0 aliphatic heterocycles. The van der Waals surface area contributed by atoms with E-state index in [0.29, 0.717) is 5.56 Å². The van der Waals surface area contributed by atoms with E-state index in [1.54, 1.807) is 7.11 Å². The van der Waals surface area contributed by atoms with E-state index in [2.05, 4.69) is 19.9 Å². The molecule has 0 saturated heterocycles. The Morgan fingerprint density at radius 2 is 1.87 bits per heavy atom. The lowest BCUT2D eigenvalue weighted by atomic mass is 9.98. The Hall–Kier alpha value is -1.33. The van der Waals surface area contributed by atoms with Crippen LogP contribution in [-0.4, -0.2) is 12.7 Å². The lowest BCUT2D eigenvalue weighted by molar-refractivity contribution is 0.0158. The first kappa shape index (κ1) is 11.7. The fourth-order valence-electron chi connectivity index (χ4n) is 1.29.